The van der Waals surface area contributed by atoms with Crippen molar-refractivity contribution in [2.45, 2.75) is 27.2 Å². The van der Waals surface area contributed by atoms with E-state index in [0.29, 0.717) is 17.3 Å². The highest BCUT2D eigenvalue weighted by Crippen LogP contribution is 2.19. The van der Waals surface area contributed by atoms with E-state index in [0.717, 1.165) is 29.0 Å². The zero-order valence-electron chi connectivity index (χ0n) is 17.2. The Morgan fingerprint density at radius 1 is 1.14 bits per heavy atom. The first-order chi connectivity index (χ1) is 14.0. The number of nitrogens with one attached hydrogen (secondary N) is 2. The van der Waals surface area contributed by atoms with Crippen LogP contribution in [0.5, 0.6) is 5.75 Å². The number of aromatic amines is 1. The molecule has 3 rings (SSSR count). The van der Waals surface area contributed by atoms with Gasteiger partial charge >= 0.3 is 0 Å². The molecule has 150 valence electrons. The summed E-state index contributed by atoms with van der Waals surface area (Å²) in [7, 11) is 1.62. The van der Waals surface area contributed by atoms with Crippen molar-refractivity contribution in [2.75, 3.05) is 7.11 Å². The van der Waals surface area contributed by atoms with Crippen LogP contribution in [0.1, 0.15) is 42.4 Å². The highest BCUT2D eigenvalue weighted by atomic mass is 16.5. The topological polar surface area (TPSA) is 79.4 Å². The number of H-pyrrole nitrogens is 1. The second-order valence-electron chi connectivity index (χ2n) is 7.33. The maximum Gasteiger partial charge on any atom is 0.289 e. The first-order valence-corrected chi connectivity index (χ1v) is 9.60. The summed E-state index contributed by atoms with van der Waals surface area (Å²) in [4.78, 5) is 12.4. The number of methoxy groups -OCH3 is 1. The molecule has 2 N–H and O–H groups in total. The van der Waals surface area contributed by atoms with E-state index in [1.54, 1.807) is 13.2 Å². The van der Waals surface area contributed by atoms with Crippen LogP contribution in [0.25, 0.3) is 11.3 Å². The minimum absolute atomic E-state index is 0.340. The molecular weight excluding hydrogens is 364 g/mol. The second-order valence-corrected chi connectivity index (χ2v) is 7.33. The van der Waals surface area contributed by atoms with E-state index in [1.807, 2.05) is 43.3 Å². The van der Waals surface area contributed by atoms with Crippen molar-refractivity contribution in [3.8, 4) is 17.0 Å². The molecule has 2 aromatic carbocycles. The Morgan fingerprint density at radius 3 is 2.45 bits per heavy atom. The number of hydrogen-bond donors (Lipinski definition) is 2. The Hall–Kier alpha value is -3.41. The monoisotopic (exact) mass is 390 g/mol. The smallest absolute Gasteiger partial charge is 0.289 e. The van der Waals surface area contributed by atoms with Gasteiger partial charge in [0.25, 0.3) is 5.91 Å². The largest absolute Gasteiger partial charge is 0.497 e. The summed E-state index contributed by atoms with van der Waals surface area (Å²) in [6.07, 6.45) is 1.04. The lowest BCUT2D eigenvalue weighted by atomic mass is 10.0. The van der Waals surface area contributed by atoms with Gasteiger partial charge in [0.05, 0.1) is 18.5 Å². The van der Waals surface area contributed by atoms with Crippen molar-refractivity contribution in [1.29, 1.82) is 0 Å². The van der Waals surface area contributed by atoms with Gasteiger partial charge in [0.1, 0.15) is 11.4 Å². The lowest BCUT2D eigenvalue weighted by molar-refractivity contribution is 0.0950. The Balaban J connectivity index is 1.65. The first kappa shape index (κ1) is 20.3. The predicted molar refractivity (Wildman–Crippen MR) is 115 cm³/mol. The number of carbonyl (C=O) groups is 1. The fourth-order valence-corrected chi connectivity index (χ4v) is 2.96. The molecule has 0 atom stereocenters. The number of hydrazone groups is 1. The molecule has 0 aliphatic rings. The van der Waals surface area contributed by atoms with Crippen LogP contribution in [0, 0.1) is 5.92 Å². The number of hydrogen-bond acceptors (Lipinski definition) is 4. The summed E-state index contributed by atoms with van der Waals surface area (Å²) >= 11 is 0. The number of aromatic nitrogens is 2. The van der Waals surface area contributed by atoms with E-state index in [-0.39, 0.29) is 5.91 Å². The number of ether oxygens (including phenoxy) is 1. The van der Waals surface area contributed by atoms with Gasteiger partial charge in [-0.05, 0) is 60.7 Å². The minimum atomic E-state index is -0.340. The van der Waals surface area contributed by atoms with Crippen LogP contribution in [0.3, 0.4) is 0 Å². The number of carbonyl (C=O) groups excluding carboxylic acids is 1. The van der Waals surface area contributed by atoms with E-state index in [4.69, 9.17) is 4.74 Å². The van der Waals surface area contributed by atoms with Gasteiger partial charge in [0.2, 0.25) is 0 Å². The third-order valence-electron chi connectivity index (χ3n) is 4.55. The molecule has 0 spiro atoms. The molecule has 1 heterocycles. The molecule has 1 aromatic heterocycles. The van der Waals surface area contributed by atoms with Crippen LogP contribution in [0.2, 0.25) is 0 Å². The standard InChI is InChI=1S/C23H26N4O2/c1-15(2)13-17-5-7-19(8-6-17)21-14-22(26-25-21)23(28)27-24-16(3)18-9-11-20(29-4)12-10-18/h5-12,14-15H,13H2,1-4H3,(H,25,26)(H,27,28)/b24-16-. The summed E-state index contributed by atoms with van der Waals surface area (Å²) in [6, 6.07) is 17.5. The average Bonchev–Trinajstić information content (AvgIpc) is 3.22. The van der Waals surface area contributed by atoms with Crippen molar-refractivity contribution in [2.24, 2.45) is 11.0 Å². The number of benzene rings is 2. The summed E-state index contributed by atoms with van der Waals surface area (Å²) in [5.74, 6) is 1.05. The molecule has 29 heavy (non-hydrogen) atoms. The molecule has 0 unspecified atom stereocenters. The Kier molecular flexibility index (Phi) is 6.44. The normalized spacial score (nSPS) is 11.6. The van der Waals surface area contributed by atoms with Gasteiger partial charge in [-0.25, -0.2) is 5.43 Å². The van der Waals surface area contributed by atoms with Crippen LogP contribution < -0.4 is 10.2 Å². The van der Waals surface area contributed by atoms with Crippen molar-refractivity contribution in [3.63, 3.8) is 0 Å². The lowest BCUT2D eigenvalue weighted by Gasteiger charge is -2.05. The molecule has 0 bridgehead atoms. The Bertz CT molecular complexity index is 986. The minimum Gasteiger partial charge on any atom is -0.497 e. The lowest BCUT2D eigenvalue weighted by Crippen LogP contribution is -2.19. The van der Waals surface area contributed by atoms with Gasteiger partial charge in [0, 0.05) is 5.56 Å². The van der Waals surface area contributed by atoms with Crippen LogP contribution in [0.15, 0.2) is 59.7 Å². The first-order valence-electron chi connectivity index (χ1n) is 9.60. The van der Waals surface area contributed by atoms with Crippen LogP contribution in [-0.2, 0) is 6.42 Å². The maximum atomic E-state index is 12.4. The van der Waals surface area contributed by atoms with Crippen molar-refractivity contribution in [3.05, 3.63) is 71.4 Å². The fourth-order valence-electron chi connectivity index (χ4n) is 2.96. The summed E-state index contributed by atoms with van der Waals surface area (Å²) in [5.41, 5.74) is 7.50. The Labute approximate surface area is 171 Å². The molecule has 6 nitrogen and oxygen atoms in total. The van der Waals surface area contributed by atoms with Crippen LogP contribution >= 0.6 is 0 Å². The van der Waals surface area contributed by atoms with Crippen LogP contribution in [0.4, 0.5) is 0 Å². The Morgan fingerprint density at radius 2 is 1.83 bits per heavy atom. The second kappa shape index (κ2) is 9.19. The molecule has 1 amide bonds. The van der Waals surface area contributed by atoms with Gasteiger partial charge < -0.3 is 4.74 Å². The van der Waals surface area contributed by atoms with E-state index in [9.17, 15) is 4.79 Å². The molecule has 0 aliphatic heterocycles. The van der Waals surface area contributed by atoms with Gasteiger partial charge in [-0.1, -0.05) is 38.1 Å². The molecule has 6 heteroatoms. The van der Waals surface area contributed by atoms with Crippen molar-refractivity contribution in [1.82, 2.24) is 15.6 Å². The average molecular weight is 390 g/mol. The summed E-state index contributed by atoms with van der Waals surface area (Å²) in [6.45, 7) is 6.23. The third kappa shape index (κ3) is 5.31. The van der Waals surface area contributed by atoms with Gasteiger partial charge in [-0.3, -0.25) is 9.89 Å². The molecule has 3 aromatic rings. The van der Waals surface area contributed by atoms with Gasteiger partial charge in [-0.2, -0.15) is 10.2 Å². The molecule has 0 aliphatic carbocycles. The highest BCUT2D eigenvalue weighted by molar-refractivity contribution is 6.00. The van der Waals surface area contributed by atoms with E-state index in [2.05, 4.69) is 46.7 Å². The molecular formula is C23H26N4O2. The van der Waals surface area contributed by atoms with E-state index in [1.165, 1.54) is 5.56 Å². The van der Waals surface area contributed by atoms with Crippen LogP contribution in [-0.4, -0.2) is 28.9 Å². The fraction of sp³-hybridized carbons (Fsp3) is 0.261. The van der Waals surface area contributed by atoms with Crippen molar-refractivity contribution < 1.29 is 9.53 Å². The molecule has 0 saturated heterocycles. The SMILES string of the molecule is COc1ccc(/C(C)=N\NC(=O)c2cc(-c3ccc(CC(C)C)cc3)n[nH]2)cc1. The quantitative estimate of drug-likeness (QED) is 0.462. The summed E-state index contributed by atoms with van der Waals surface area (Å²) in [5, 5.41) is 11.2. The maximum absolute atomic E-state index is 12.4. The molecule has 0 radical (unpaired) electrons. The highest BCUT2D eigenvalue weighted by Gasteiger charge is 2.11. The van der Waals surface area contributed by atoms with Crippen molar-refractivity contribution >= 4 is 11.6 Å². The zero-order chi connectivity index (χ0) is 20.8. The summed E-state index contributed by atoms with van der Waals surface area (Å²) < 4.78 is 5.15. The number of rotatable bonds is 7. The number of amides is 1. The van der Waals surface area contributed by atoms with E-state index >= 15 is 0 Å². The molecule has 0 fully saturated rings. The third-order valence-corrected chi connectivity index (χ3v) is 4.55. The van der Waals surface area contributed by atoms with Gasteiger partial charge in [-0.15, -0.1) is 0 Å². The predicted octanol–water partition coefficient (Wildman–Crippen LogP) is 4.44. The number of nitrogens with zero attached hydrogens (tertiary/aromatic N) is 2. The van der Waals surface area contributed by atoms with E-state index < -0.39 is 0 Å². The van der Waals surface area contributed by atoms with Gasteiger partial charge in [0.15, 0.2) is 0 Å². The molecule has 0 saturated carbocycles. The zero-order valence-corrected chi connectivity index (χ0v) is 17.2.